The summed E-state index contributed by atoms with van der Waals surface area (Å²) in [7, 11) is 3.00. The van der Waals surface area contributed by atoms with Crippen LogP contribution in [-0.4, -0.2) is 32.7 Å². The maximum atomic E-state index is 12.0. The second-order valence-corrected chi connectivity index (χ2v) is 5.14. The van der Waals surface area contributed by atoms with Gasteiger partial charge in [0.25, 0.3) is 5.91 Å². The number of nitrogens with one attached hydrogen (secondary N) is 1. The molecule has 0 spiro atoms. The van der Waals surface area contributed by atoms with E-state index in [1.54, 1.807) is 36.4 Å². The lowest BCUT2D eigenvalue weighted by atomic mass is 10.2. The van der Waals surface area contributed by atoms with E-state index in [1.807, 2.05) is 0 Å². The largest absolute Gasteiger partial charge is 0.497 e. The predicted octanol–water partition coefficient (Wildman–Crippen LogP) is 3.15. The summed E-state index contributed by atoms with van der Waals surface area (Å²) >= 11 is 5.81. The first-order valence-corrected chi connectivity index (χ1v) is 7.36. The molecule has 0 aliphatic heterocycles. The van der Waals surface area contributed by atoms with Crippen molar-refractivity contribution in [2.75, 3.05) is 26.1 Å². The molecule has 7 heteroatoms. The molecule has 0 aliphatic carbocycles. The molecule has 0 saturated carbocycles. The number of methoxy groups -OCH3 is 2. The van der Waals surface area contributed by atoms with Crippen molar-refractivity contribution in [1.29, 1.82) is 0 Å². The third-order valence-electron chi connectivity index (χ3n) is 3.08. The molecule has 1 amide bonds. The molecule has 0 atom stereocenters. The first-order valence-electron chi connectivity index (χ1n) is 6.98. The van der Waals surface area contributed by atoms with Crippen LogP contribution in [0.25, 0.3) is 0 Å². The number of carbonyl (C=O) groups is 2. The average molecular weight is 350 g/mol. The summed E-state index contributed by atoms with van der Waals surface area (Å²) in [6, 6.07) is 11.2. The minimum Gasteiger partial charge on any atom is -0.497 e. The van der Waals surface area contributed by atoms with Crippen LogP contribution in [0, 0.1) is 0 Å². The van der Waals surface area contributed by atoms with Gasteiger partial charge >= 0.3 is 5.97 Å². The SMILES string of the molecule is COc1ccc(OC)c(NC(=O)COC(=O)c2cccc(Cl)c2)c1. The van der Waals surface area contributed by atoms with E-state index in [0.29, 0.717) is 22.2 Å². The lowest BCUT2D eigenvalue weighted by Gasteiger charge is -2.12. The van der Waals surface area contributed by atoms with E-state index in [4.69, 9.17) is 25.8 Å². The molecule has 1 N–H and O–H groups in total. The lowest BCUT2D eigenvalue weighted by molar-refractivity contribution is -0.119. The molecule has 0 radical (unpaired) electrons. The highest BCUT2D eigenvalue weighted by Gasteiger charge is 2.13. The highest BCUT2D eigenvalue weighted by molar-refractivity contribution is 6.30. The van der Waals surface area contributed by atoms with Crippen LogP contribution < -0.4 is 14.8 Å². The van der Waals surface area contributed by atoms with Gasteiger partial charge in [-0.2, -0.15) is 0 Å². The summed E-state index contributed by atoms with van der Waals surface area (Å²) in [6.45, 7) is -0.439. The van der Waals surface area contributed by atoms with E-state index >= 15 is 0 Å². The number of amides is 1. The van der Waals surface area contributed by atoms with Crippen molar-refractivity contribution in [3.05, 3.63) is 53.1 Å². The Balaban J connectivity index is 1.97. The lowest BCUT2D eigenvalue weighted by Crippen LogP contribution is -2.21. The van der Waals surface area contributed by atoms with E-state index in [2.05, 4.69) is 5.32 Å². The van der Waals surface area contributed by atoms with Gasteiger partial charge < -0.3 is 19.5 Å². The normalized spacial score (nSPS) is 9.96. The Morgan fingerprint density at radius 2 is 1.88 bits per heavy atom. The zero-order valence-corrected chi connectivity index (χ0v) is 13.9. The second kappa shape index (κ2) is 8.21. The number of ether oxygens (including phenoxy) is 3. The van der Waals surface area contributed by atoms with Crippen molar-refractivity contribution in [1.82, 2.24) is 0 Å². The molecule has 126 valence electrons. The van der Waals surface area contributed by atoms with Crippen LogP contribution in [0.3, 0.4) is 0 Å². The summed E-state index contributed by atoms with van der Waals surface area (Å²) < 4.78 is 15.2. The zero-order chi connectivity index (χ0) is 17.5. The maximum Gasteiger partial charge on any atom is 0.338 e. The van der Waals surface area contributed by atoms with Crippen molar-refractivity contribution >= 4 is 29.2 Å². The Labute approximate surface area is 144 Å². The van der Waals surface area contributed by atoms with Crippen LogP contribution >= 0.6 is 11.6 Å². The van der Waals surface area contributed by atoms with Gasteiger partial charge in [0.2, 0.25) is 0 Å². The van der Waals surface area contributed by atoms with Gasteiger partial charge in [0.05, 0.1) is 25.5 Å². The molecular formula is C17H16ClNO5. The van der Waals surface area contributed by atoms with Crippen LogP contribution in [0.4, 0.5) is 5.69 Å². The van der Waals surface area contributed by atoms with Crippen LogP contribution in [0.15, 0.2) is 42.5 Å². The molecule has 0 bridgehead atoms. The third-order valence-corrected chi connectivity index (χ3v) is 3.31. The van der Waals surface area contributed by atoms with Crippen molar-refractivity contribution in [2.45, 2.75) is 0 Å². The molecule has 24 heavy (non-hydrogen) atoms. The number of esters is 1. The topological polar surface area (TPSA) is 73.9 Å². The summed E-state index contributed by atoms with van der Waals surface area (Å²) in [5.74, 6) is -0.116. The van der Waals surface area contributed by atoms with Gasteiger partial charge in [-0.15, -0.1) is 0 Å². The summed E-state index contributed by atoms with van der Waals surface area (Å²) in [6.07, 6.45) is 0. The Morgan fingerprint density at radius 1 is 1.08 bits per heavy atom. The second-order valence-electron chi connectivity index (χ2n) is 4.70. The summed E-state index contributed by atoms with van der Waals surface area (Å²) in [5.41, 5.74) is 0.690. The van der Waals surface area contributed by atoms with Crippen molar-refractivity contribution in [2.24, 2.45) is 0 Å². The summed E-state index contributed by atoms with van der Waals surface area (Å²) in [4.78, 5) is 23.8. The van der Waals surface area contributed by atoms with Gasteiger partial charge in [-0.25, -0.2) is 4.79 Å². The van der Waals surface area contributed by atoms with Crippen molar-refractivity contribution in [3.63, 3.8) is 0 Å². The highest BCUT2D eigenvalue weighted by Crippen LogP contribution is 2.28. The molecular weight excluding hydrogens is 334 g/mol. The first-order chi connectivity index (χ1) is 11.5. The first kappa shape index (κ1) is 17.6. The number of halogens is 1. The fourth-order valence-electron chi connectivity index (χ4n) is 1.93. The molecule has 0 aliphatic rings. The number of anilines is 1. The zero-order valence-electron chi connectivity index (χ0n) is 13.2. The highest BCUT2D eigenvalue weighted by atomic mass is 35.5. The molecule has 0 saturated heterocycles. The van der Waals surface area contributed by atoms with Crippen LogP contribution in [-0.2, 0) is 9.53 Å². The van der Waals surface area contributed by atoms with E-state index in [0.717, 1.165) is 0 Å². The smallest absolute Gasteiger partial charge is 0.338 e. The quantitative estimate of drug-likeness (QED) is 0.811. The summed E-state index contributed by atoms with van der Waals surface area (Å²) in [5, 5.41) is 3.02. The van der Waals surface area contributed by atoms with Gasteiger partial charge in [0.15, 0.2) is 6.61 Å². The number of benzene rings is 2. The predicted molar refractivity (Wildman–Crippen MR) is 89.9 cm³/mol. The standard InChI is InChI=1S/C17H16ClNO5/c1-22-13-6-7-15(23-2)14(9-13)19-16(20)10-24-17(21)11-4-3-5-12(18)8-11/h3-9H,10H2,1-2H3,(H,19,20). The Hall–Kier alpha value is -2.73. The number of hydrogen-bond acceptors (Lipinski definition) is 5. The average Bonchev–Trinajstić information content (AvgIpc) is 2.59. The molecule has 0 aromatic heterocycles. The van der Waals surface area contributed by atoms with Gasteiger partial charge in [-0.3, -0.25) is 4.79 Å². The number of hydrogen-bond donors (Lipinski definition) is 1. The van der Waals surface area contributed by atoms with E-state index in [-0.39, 0.29) is 5.56 Å². The molecule has 2 rings (SSSR count). The number of rotatable bonds is 6. The van der Waals surface area contributed by atoms with Gasteiger partial charge in [0.1, 0.15) is 11.5 Å². The van der Waals surface area contributed by atoms with Crippen molar-refractivity contribution < 1.29 is 23.8 Å². The van der Waals surface area contributed by atoms with E-state index in [9.17, 15) is 9.59 Å². The third kappa shape index (κ3) is 4.63. The molecule has 2 aromatic carbocycles. The van der Waals surface area contributed by atoms with Crippen LogP contribution in [0.5, 0.6) is 11.5 Å². The monoisotopic (exact) mass is 349 g/mol. The Morgan fingerprint density at radius 3 is 2.54 bits per heavy atom. The molecule has 2 aromatic rings. The van der Waals surface area contributed by atoms with Crippen LogP contribution in [0.1, 0.15) is 10.4 Å². The van der Waals surface area contributed by atoms with Crippen LogP contribution in [0.2, 0.25) is 5.02 Å². The maximum absolute atomic E-state index is 12.0. The Bertz CT molecular complexity index is 748. The fraction of sp³-hybridized carbons (Fsp3) is 0.176. The molecule has 0 heterocycles. The van der Waals surface area contributed by atoms with Gasteiger partial charge in [0, 0.05) is 11.1 Å². The van der Waals surface area contributed by atoms with Gasteiger partial charge in [-0.1, -0.05) is 17.7 Å². The van der Waals surface area contributed by atoms with Crippen molar-refractivity contribution in [3.8, 4) is 11.5 Å². The fourth-order valence-corrected chi connectivity index (χ4v) is 2.12. The molecule has 0 unspecified atom stereocenters. The molecule has 6 nitrogen and oxygen atoms in total. The minimum atomic E-state index is -0.634. The van der Waals surface area contributed by atoms with Gasteiger partial charge in [-0.05, 0) is 30.3 Å². The van der Waals surface area contributed by atoms with E-state index < -0.39 is 18.5 Å². The molecule has 0 fully saturated rings. The number of carbonyl (C=O) groups excluding carboxylic acids is 2. The minimum absolute atomic E-state index is 0.272. The van der Waals surface area contributed by atoms with E-state index in [1.165, 1.54) is 20.3 Å². The Kier molecular flexibility index (Phi) is 6.03.